The van der Waals surface area contributed by atoms with Crippen molar-refractivity contribution in [2.24, 2.45) is 0 Å². The Kier molecular flexibility index (Phi) is 6.93. The van der Waals surface area contributed by atoms with E-state index in [2.05, 4.69) is 0 Å². The average Bonchev–Trinajstić information content (AvgIpc) is 2.09. The second kappa shape index (κ2) is 7.07. The molecule has 0 N–H and O–H groups in total. The number of alkyl halides is 1. The molecule has 0 aliphatic heterocycles. The van der Waals surface area contributed by atoms with Crippen LogP contribution in [0.15, 0.2) is 0 Å². The normalized spacial score (nSPS) is 13.0. The Morgan fingerprint density at radius 3 is 2.43 bits per heavy atom. The number of rotatable bonds is 6. The molecular weight excluding hydrogens is 202 g/mol. The zero-order valence-corrected chi connectivity index (χ0v) is 10.2. The van der Waals surface area contributed by atoms with E-state index in [0.717, 1.165) is 6.42 Å². The van der Waals surface area contributed by atoms with Crippen molar-refractivity contribution in [3.05, 3.63) is 0 Å². The third-order valence-electron chi connectivity index (χ3n) is 1.83. The Hall–Kier alpha value is -0.280. The fourth-order valence-electron chi connectivity index (χ4n) is 0.844. The lowest BCUT2D eigenvalue weighted by Crippen LogP contribution is -2.32. The van der Waals surface area contributed by atoms with Gasteiger partial charge in [0.05, 0.1) is 6.10 Å². The van der Waals surface area contributed by atoms with Gasteiger partial charge in [0.25, 0.3) is 0 Å². The smallest absolute Gasteiger partial charge is 0.248 e. The van der Waals surface area contributed by atoms with Crippen LogP contribution < -0.4 is 0 Å². The van der Waals surface area contributed by atoms with E-state index in [1.165, 1.54) is 0 Å². The first-order valence-electron chi connectivity index (χ1n) is 4.93. The molecule has 0 aromatic rings. The molecule has 0 aromatic heterocycles. The van der Waals surface area contributed by atoms with Crippen LogP contribution in [0.25, 0.3) is 0 Å². The van der Waals surface area contributed by atoms with Crippen molar-refractivity contribution in [1.29, 1.82) is 0 Å². The summed E-state index contributed by atoms with van der Waals surface area (Å²) in [5.41, 5.74) is 0. The molecule has 1 amide bonds. The number of amides is 1. The predicted octanol–water partition coefficient (Wildman–Crippen LogP) is 1.89. The first-order valence-corrected chi connectivity index (χ1v) is 5.36. The molecule has 1 unspecified atom stereocenters. The second-order valence-electron chi connectivity index (χ2n) is 3.74. The van der Waals surface area contributed by atoms with Crippen molar-refractivity contribution in [2.75, 3.05) is 20.2 Å². The highest BCUT2D eigenvalue weighted by Crippen LogP contribution is 2.01. The first-order chi connectivity index (χ1) is 6.43. The van der Waals surface area contributed by atoms with Gasteiger partial charge in [-0.3, -0.25) is 4.79 Å². The van der Waals surface area contributed by atoms with Crippen LogP contribution in [0.5, 0.6) is 0 Å². The Balaban J connectivity index is 3.65. The number of likely N-dealkylation sites (N-methyl/N-ethyl adjacent to an activating group) is 1. The predicted molar refractivity (Wildman–Crippen MR) is 58.7 cm³/mol. The fraction of sp³-hybridized carbons (Fsp3) is 0.900. The van der Waals surface area contributed by atoms with Gasteiger partial charge in [-0.1, -0.05) is 0 Å². The summed E-state index contributed by atoms with van der Waals surface area (Å²) in [5, 5.41) is 0.108. The highest BCUT2D eigenvalue weighted by Gasteiger charge is 2.10. The standard InChI is InChI=1S/C10H20ClNO2/c1-8(2)14-7-10(13)12(4)6-5-9(3)11/h8-9H,5-7H2,1-4H3. The number of ether oxygens (including phenoxy) is 1. The summed E-state index contributed by atoms with van der Waals surface area (Å²) in [6.07, 6.45) is 0.908. The molecule has 0 aliphatic rings. The van der Waals surface area contributed by atoms with Gasteiger partial charge in [-0.2, -0.15) is 0 Å². The molecule has 1 atom stereocenters. The van der Waals surface area contributed by atoms with Crippen molar-refractivity contribution >= 4 is 17.5 Å². The maximum absolute atomic E-state index is 11.4. The summed E-state index contributed by atoms with van der Waals surface area (Å²) in [7, 11) is 1.77. The van der Waals surface area contributed by atoms with E-state index in [0.29, 0.717) is 6.54 Å². The first kappa shape index (κ1) is 13.7. The van der Waals surface area contributed by atoms with E-state index in [-0.39, 0.29) is 24.0 Å². The molecule has 14 heavy (non-hydrogen) atoms. The number of carbonyl (C=O) groups excluding carboxylic acids is 1. The van der Waals surface area contributed by atoms with Crippen LogP contribution in [0.3, 0.4) is 0 Å². The molecule has 3 nitrogen and oxygen atoms in total. The number of nitrogens with zero attached hydrogens (tertiary/aromatic N) is 1. The van der Waals surface area contributed by atoms with E-state index in [1.807, 2.05) is 20.8 Å². The topological polar surface area (TPSA) is 29.5 Å². The van der Waals surface area contributed by atoms with E-state index in [1.54, 1.807) is 11.9 Å². The third kappa shape index (κ3) is 7.15. The number of carbonyl (C=O) groups is 1. The van der Waals surface area contributed by atoms with Crippen molar-refractivity contribution in [3.63, 3.8) is 0 Å². The Morgan fingerprint density at radius 2 is 2.00 bits per heavy atom. The minimum Gasteiger partial charge on any atom is -0.369 e. The quantitative estimate of drug-likeness (QED) is 0.641. The second-order valence-corrected chi connectivity index (χ2v) is 4.49. The molecule has 0 rings (SSSR count). The van der Waals surface area contributed by atoms with Gasteiger partial charge in [0.15, 0.2) is 0 Å². The maximum Gasteiger partial charge on any atom is 0.248 e. The van der Waals surface area contributed by atoms with Gasteiger partial charge in [-0.15, -0.1) is 11.6 Å². The van der Waals surface area contributed by atoms with Crippen molar-refractivity contribution in [3.8, 4) is 0 Å². The van der Waals surface area contributed by atoms with E-state index in [9.17, 15) is 4.79 Å². The lowest BCUT2D eigenvalue weighted by molar-refractivity contribution is -0.136. The van der Waals surface area contributed by atoms with Crippen LogP contribution in [-0.4, -0.2) is 42.5 Å². The van der Waals surface area contributed by atoms with Crippen LogP contribution >= 0.6 is 11.6 Å². The van der Waals surface area contributed by atoms with Gasteiger partial charge < -0.3 is 9.64 Å². The largest absolute Gasteiger partial charge is 0.369 e. The molecule has 0 saturated heterocycles. The fourth-order valence-corrected chi connectivity index (χ4v) is 0.942. The summed E-state index contributed by atoms with van der Waals surface area (Å²) in [6.45, 7) is 6.59. The Bertz CT molecular complexity index is 172. The Labute approximate surface area is 91.4 Å². The summed E-state index contributed by atoms with van der Waals surface area (Å²) in [5.74, 6) is 0.0102. The molecule has 0 aromatic carbocycles. The lowest BCUT2D eigenvalue weighted by atomic mass is 10.3. The molecule has 0 bridgehead atoms. The average molecular weight is 222 g/mol. The summed E-state index contributed by atoms with van der Waals surface area (Å²) in [6, 6.07) is 0. The molecule has 4 heteroatoms. The van der Waals surface area contributed by atoms with Crippen LogP contribution in [0, 0.1) is 0 Å². The zero-order chi connectivity index (χ0) is 11.1. The molecule has 0 aliphatic carbocycles. The monoisotopic (exact) mass is 221 g/mol. The van der Waals surface area contributed by atoms with Crippen molar-refractivity contribution in [2.45, 2.75) is 38.7 Å². The summed E-state index contributed by atoms with van der Waals surface area (Å²) < 4.78 is 5.21. The van der Waals surface area contributed by atoms with Gasteiger partial charge in [0.1, 0.15) is 6.61 Å². The van der Waals surface area contributed by atoms with Gasteiger partial charge in [-0.05, 0) is 27.2 Å². The summed E-state index contributed by atoms with van der Waals surface area (Å²) in [4.78, 5) is 13.1. The van der Waals surface area contributed by atoms with Gasteiger partial charge >= 0.3 is 0 Å². The van der Waals surface area contributed by atoms with Crippen LogP contribution in [-0.2, 0) is 9.53 Å². The third-order valence-corrected chi connectivity index (χ3v) is 2.05. The molecule has 84 valence electrons. The van der Waals surface area contributed by atoms with Gasteiger partial charge in [0.2, 0.25) is 5.91 Å². The van der Waals surface area contributed by atoms with E-state index >= 15 is 0 Å². The van der Waals surface area contributed by atoms with E-state index < -0.39 is 0 Å². The molecule has 0 radical (unpaired) electrons. The van der Waals surface area contributed by atoms with E-state index in [4.69, 9.17) is 16.3 Å². The van der Waals surface area contributed by atoms with Crippen LogP contribution in [0.1, 0.15) is 27.2 Å². The molecular formula is C10H20ClNO2. The van der Waals surface area contributed by atoms with Crippen LogP contribution in [0.2, 0.25) is 0 Å². The molecule has 0 spiro atoms. The van der Waals surface area contributed by atoms with Gasteiger partial charge in [0, 0.05) is 19.0 Å². The van der Waals surface area contributed by atoms with Crippen molar-refractivity contribution < 1.29 is 9.53 Å². The highest BCUT2D eigenvalue weighted by molar-refractivity contribution is 6.20. The maximum atomic E-state index is 11.4. The minimum absolute atomic E-state index is 0.0102. The lowest BCUT2D eigenvalue weighted by Gasteiger charge is -2.18. The molecule has 0 heterocycles. The number of hydrogen-bond donors (Lipinski definition) is 0. The van der Waals surface area contributed by atoms with Gasteiger partial charge in [-0.25, -0.2) is 0 Å². The van der Waals surface area contributed by atoms with Crippen LogP contribution in [0.4, 0.5) is 0 Å². The highest BCUT2D eigenvalue weighted by atomic mass is 35.5. The SMILES string of the molecule is CC(Cl)CCN(C)C(=O)COC(C)C. The molecule has 0 fully saturated rings. The summed E-state index contributed by atoms with van der Waals surface area (Å²) >= 11 is 5.78. The number of halogens is 1. The zero-order valence-electron chi connectivity index (χ0n) is 9.42. The minimum atomic E-state index is 0.0102. The van der Waals surface area contributed by atoms with Crippen molar-refractivity contribution in [1.82, 2.24) is 4.90 Å². The number of hydrogen-bond acceptors (Lipinski definition) is 2. The Morgan fingerprint density at radius 1 is 1.43 bits per heavy atom. The molecule has 0 saturated carbocycles.